The zero-order valence-corrected chi connectivity index (χ0v) is 15.7. The number of carboxylic acid groups (broad SMARTS) is 1. The van der Waals surface area contributed by atoms with E-state index in [0.29, 0.717) is 18.7 Å². The highest BCUT2D eigenvalue weighted by molar-refractivity contribution is 5.92. The van der Waals surface area contributed by atoms with Gasteiger partial charge in [-0.15, -0.1) is 0 Å². The first-order chi connectivity index (χ1) is 12.4. The fourth-order valence-electron chi connectivity index (χ4n) is 2.97. The fraction of sp³-hybridized carbons (Fsp3) is 0.450. The Labute approximate surface area is 154 Å². The average molecular weight is 357 g/mol. The van der Waals surface area contributed by atoms with Gasteiger partial charge in [0.15, 0.2) is 5.69 Å². The van der Waals surface area contributed by atoms with Gasteiger partial charge >= 0.3 is 5.97 Å². The van der Waals surface area contributed by atoms with E-state index in [0.717, 1.165) is 41.8 Å². The van der Waals surface area contributed by atoms with Gasteiger partial charge in [-0.1, -0.05) is 18.9 Å². The van der Waals surface area contributed by atoms with Gasteiger partial charge in [-0.25, -0.2) is 4.68 Å². The number of nitrogens with one attached hydrogen (secondary N) is 1. The maximum Gasteiger partial charge on any atom is 0.303 e. The lowest BCUT2D eigenvalue weighted by Gasteiger charge is -2.07. The number of unbranched alkanes of at least 4 members (excludes halogenated alkanes) is 3. The first-order valence-electron chi connectivity index (χ1n) is 9.02. The largest absolute Gasteiger partial charge is 0.481 e. The number of carbonyl (C=O) groups excluding carboxylic acids is 1. The monoisotopic (exact) mass is 357 g/mol. The zero-order chi connectivity index (χ0) is 19.1. The molecule has 6 heteroatoms. The summed E-state index contributed by atoms with van der Waals surface area (Å²) in [6.45, 7) is 6.59. The van der Waals surface area contributed by atoms with Crippen molar-refractivity contribution in [2.24, 2.45) is 0 Å². The lowest BCUT2D eigenvalue weighted by atomic mass is 10.1. The van der Waals surface area contributed by atoms with Gasteiger partial charge in [-0.2, -0.15) is 5.10 Å². The van der Waals surface area contributed by atoms with Crippen LogP contribution in [0, 0.1) is 20.8 Å². The topological polar surface area (TPSA) is 84.2 Å². The molecule has 0 aliphatic heterocycles. The van der Waals surface area contributed by atoms with Crippen LogP contribution in [0.1, 0.15) is 59.4 Å². The third kappa shape index (κ3) is 5.72. The fourth-order valence-corrected chi connectivity index (χ4v) is 2.97. The molecule has 1 amide bonds. The molecule has 2 N–H and O–H groups in total. The van der Waals surface area contributed by atoms with E-state index in [1.807, 2.05) is 32.9 Å². The minimum absolute atomic E-state index is 0.179. The molecule has 1 aromatic carbocycles. The van der Waals surface area contributed by atoms with Crippen molar-refractivity contribution in [3.63, 3.8) is 0 Å². The van der Waals surface area contributed by atoms with Gasteiger partial charge in [0.1, 0.15) is 0 Å². The SMILES string of the molecule is Cc1cc(C)cc(-n2nc(C(=O)NCCCCCCC(=O)O)cc2C)c1. The summed E-state index contributed by atoms with van der Waals surface area (Å²) in [6.07, 6.45) is 3.50. The molecule has 1 heterocycles. The Kier molecular flexibility index (Phi) is 6.95. The van der Waals surface area contributed by atoms with Crippen LogP contribution in [-0.4, -0.2) is 33.3 Å². The number of aromatic nitrogens is 2. The summed E-state index contributed by atoms with van der Waals surface area (Å²) < 4.78 is 1.79. The van der Waals surface area contributed by atoms with E-state index in [4.69, 9.17) is 5.11 Å². The number of carbonyl (C=O) groups is 2. The van der Waals surface area contributed by atoms with E-state index >= 15 is 0 Å². The van der Waals surface area contributed by atoms with E-state index in [1.165, 1.54) is 0 Å². The Bertz CT molecular complexity index is 760. The van der Waals surface area contributed by atoms with E-state index in [2.05, 4.69) is 16.5 Å². The van der Waals surface area contributed by atoms with E-state index in [-0.39, 0.29) is 12.3 Å². The number of aryl methyl sites for hydroxylation is 3. The van der Waals surface area contributed by atoms with Crippen LogP contribution in [-0.2, 0) is 4.79 Å². The summed E-state index contributed by atoms with van der Waals surface area (Å²) in [5.41, 5.74) is 4.59. The zero-order valence-electron chi connectivity index (χ0n) is 15.7. The minimum atomic E-state index is -0.756. The second kappa shape index (κ2) is 9.17. The highest BCUT2D eigenvalue weighted by atomic mass is 16.4. The predicted octanol–water partition coefficient (Wildman–Crippen LogP) is 3.56. The predicted molar refractivity (Wildman–Crippen MR) is 101 cm³/mol. The Balaban J connectivity index is 1.87. The first kappa shape index (κ1) is 19.7. The van der Waals surface area contributed by atoms with Gasteiger partial charge < -0.3 is 10.4 Å². The van der Waals surface area contributed by atoms with Crippen molar-refractivity contribution in [3.8, 4) is 5.69 Å². The first-order valence-corrected chi connectivity index (χ1v) is 9.02. The van der Waals surface area contributed by atoms with Gasteiger partial charge in [0.2, 0.25) is 0 Å². The molecule has 0 atom stereocenters. The van der Waals surface area contributed by atoms with Crippen molar-refractivity contribution in [1.29, 1.82) is 0 Å². The number of carboxylic acids is 1. The number of aliphatic carboxylic acids is 1. The molecule has 0 bridgehead atoms. The van der Waals surface area contributed by atoms with Crippen LogP contribution in [0.2, 0.25) is 0 Å². The molecule has 26 heavy (non-hydrogen) atoms. The van der Waals surface area contributed by atoms with Gasteiger partial charge in [0.05, 0.1) is 5.69 Å². The molecule has 2 aromatic rings. The second-order valence-corrected chi connectivity index (χ2v) is 6.74. The van der Waals surface area contributed by atoms with Crippen molar-refractivity contribution in [3.05, 3.63) is 46.8 Å². The van der Waals surface area contributed by atoms with Crippen LogP contribution in [0.15, 0.2) is 24.3 Å². The number of benzene rings is 1. The highest BCUT2D eigenvalue weighted by Crippen LogP contribution is 2.16. The molecule has 1 aromatic heterocycles. The van der Waals surface area contributed by atoms with Gasteiger partial charge in [0.25, 0.3) is 5.91 Å². The summed E-state index contributed by atoms with van der Waals surface area (Å²) in [4.78, 5) is 22.7. The maximum atomic E-state index is 12.3. The summed E-state index contributed by atoms with van der Waals surface area (Å²) in [5, 5.41) is 15.9. The molecule has 0 radical (unpaired) electrons. The number of nitrogens with zero attached hydrogens (tertiary/aromatic N) is 2. The third-order valence-corrected chi connectivity index (χ3v) is 4.17. The Hall–Kier alpha value is -2.63. The van der Waals surface area contributed by atoms with Crippen LogP contribution in [0.3, 0.4) is 0 Å². The van der Waals surface area contributed by atoms with Crippen molar-refractivity contribution in [1.82, 2.24) is 15.1 Å². The number of amides is 1. The molecule has 0 saturated carbocycles. The summed E-state index contributed by atoms with van der Waals surface area (Å²) >= 11 is 0. The average Bonchev–Trinajstić information content (AvgIpc) is 2.94. The normalized spacial score (nSPS) is 10.7. The molecule has 0 spiro atoms. The van der Waals surface area contributed by atoms with Crippen molar-refractivity contribution >= 4 is 11.9 Å². The van der Waals surface area contributed by atoms with E-state index in [9.17, 15) is 9.59 Å². The number of rotatable bonds is 9. The highest BCUT2D eigenvalue weighted by Gasteiger charge is 2.13. The van der Waals surface area contributed by atoms with Crippen LogP contribution < -0.4 is 5.32 Å². The molecule has 0 unspecified atom stereocenters. The van der Waals surface area contributed by atoms with Gasteiger partial charge in [-0.3, -0.25) is 9.59 Å². The molecule has 0 saturated heterocycles. The number of hydrogen-bond donors (Lipinski definition) is 2. The lowest BCUT2D eigenvalue weighted by Crippen LogP contribution is -2.25. The molecule has 6 nitrogen and oxygen atoms in total. The number of hydrogen-bond acceptors (Lipinski definition) is 3. The lowest BCUT2D eigenvalue weighted by molar-refractivity contribution is -0.137. The standard InChI is InChI=1S/C20H27N3O3/c1-14-10-15(2)12-17(11-14)23-16(3)13-18(22-23)20(26)21-9-7-5-4-6-8-19(24)25/h10-13H,4-9H2,1-3H3,(H,21,26)(H,24,25). The maximum absolute atomic E-state index is 12.3. The Morgan fingerprint density at radius 2 is 1.65 bits per heavy atom. The summed E-state index contributed by atoms with van der Waals surface area (Å²) in [5.74, 6) is -0.935. The minimum Gasteiger partial charge on any atom is -0.481 e. The smallest absolute Gasteiger partial charge is 0.303 e. The Morgan fingerprint density at radius 3 is 2.31 bits per heavy atom. The summed E-state index contributed by atoms with van der Waals surface area (Å²) in [6, 6.07) is 7.99. The molecule has 0 fully saturated rings. The summed E-state index contributed by atoms with van der Waals surface area (Å²) in [7, 11) is 0. The van der Waals surface area contributed by atoms with E-state index < -0.39 is 5.97 Å². The second-order valence-electron chi connectivity index (χ2n) is 6.74. The molecule has 0 aliphatic rings. The van der Waals surface area contributed by atoms with Crippen LogP contribution in [0.5, 0.6) is 0 Å². The third-order valence-electron chi connectivity index (χ3n) is 4.17. The van der Waals surface area contributed by atoms with Crippen molar-refractivity contribution in [2.45, 2.75) is 52.9 Å². The Morgan fingerprint density at radius 1 is 1.00 bits per heavy atom. The van der Waals surface area contributed by atoms with E-state index in [1.54, 1.807) is 10.7 Å². The molecule has 2 rings (SSSR count). The molecular weight excluding hydrogens is 330 g/mol. The van der Waals surface area contributed by atoms with Gasteiger partial charge in [-0.05, 0) is 62.9 Å². The quantitative estimate of drug-likeness (QED) is 0.672. The van der Waals surface area contributed by atoms with Crippen LogP contribution >= 0.6 is 0 Å². The van der Waals surface area contributed by atoms with Crippen molar-refractivity contribution in [2.75, 3.05) is 6.54 Å². The van der Waals surface area contributed by atoms with Crippen molar-refractivity contribution < 1.29 is 14.7 Å². The molecule has 140 valence electrons. The van der Waals surface area contributed by atoms with Gasteiger partial charge in [0, 0.05) is 18.7 Å². The molecule has 0 aliphatic carbocycles. The molecular formula is C20H27N3O3. The van der Waals surface area contributed by atoms with Crippen LogP contribution in [0.4, 0.5) is 0 Å². The van der Waals surface area contributed by atoms with Crippen LogP contribution in [0.25, 0.3) is 5.69 Å².